The van der Waals surface area contributed by atoms with Crippen molar-refractivity contribution in [1.82, 2.24) is 5.32 Å². The molecule has 0 unspecified atom stereocenters. The standard InChI is InChI=1S/C16H22BrNO/c1-10(2)8-18-9-14-6-12-5-13(17)7-15(11(3)4)16(12)19-14/h5-7,10-11,18H,8-9H2,1-4H3. The maximum Gasteiger partial charge on any atom is 0.137 e. The van der Waals surface area contributed by atoms with Gasteiger partial charge in [-0.25, -0.2) is 0 Å². The van der Waals surface area contributed by atoms with Gasteiger partial charge in [0.25, 0.3) is 0 Å². The molecule has 2 rings (SSSR count). The van der Waals surface area contributed by atoms with Crippen LogP contribution in [0.3, 0.4) is 0 Å². The van der Waals surface area contributed by atoms with E-state index in [-0.39, 0.29) is 0 Å². The molecule has 104 valence electrons. The van der Waals surface area contributed by atoms with Crippen molar-refractivity contribution in [2.75, 3.05) is 6.54 Å². The number of hydrogen-bond donors (Lipinski definition) is 1. The van der Waals surface area contributed by atoms with Crippen molar-refractivity contribution < 1.29 is 4.42 Å². The summed E-state index contributed by atoms with van der Waals surface area (Å²) in [6, 6.07) is 6.41. The zero-order valence-electron chi connectivity index (χ0n) is 12.1. The normalized spacial score (nSPS) is 11.9. The van der Waals surface area contributed by atoms with E-state index in [4.69, 9.17) is 4.42 Å². The van der Waals surface area contributed by atoms with Crippen molar-refractivity contribution in [3.8, 4) is 0 Å². The van der Waals surface area contributed by atoms with Crippen molar-refractivity contribution in [3.63, 3.8) is 0 Å². The summed E-state index contributed by atoms with van der Waals surface area (Å²) in [5.74, 6) is 2.13. The van der Waals surface area contributed by atoms with Crippen LogP contribution in [0.25, 0.3) is 11.0 Å². The van der Waals surface area contributed by atoms with Gasteiger partial charge in [-0.15, -0.1) is 0 Å². The van der Waals surface area contributed by atoms with Crippen LogP contribution < -0.4 is 5.32 Å². The number of furan rings is 1. The Bertz CT molecular complexity index is 557. The average Bonchev–Trinajstić information content (AvgIpc) is 2.69. The van der Waals surface area contributed by atoms with E-state index in [1.807, 2.05) is 0 Å². The Morgan fingerprint density at radius 3 is 2.53 bits per heavy atom. The molecule has 0 radical (unpaired) electrons. The summed E-state index contributed by atoms with van der Waals surface area (Å²) < 4.78 is 7.13. The molecule has 0 aliphatic heterocycles. The molecule has 3 heteroatoms. The van der Waals surface area contributed by atoms with Crippen LogP contribution in [0.15, 0.2) is 27.1 Å². The van der Waals surface area contributed by atoms with Crippen molar-refractivity contribution in [1.29, 1.82) is 0 Å². The van der Waals surface area contributed by atoms with Crippen LogP contribution in [0.1, 0.15) is 44.9 Å². The molecule has 0 amide bonds. The molecule has 0 atom stereocenters. The highest BCUT2D eigenvalue weighted by molar-refractivity contribution is 9.10. The van der Waals surface area contributed by atoms with Crippen molar-refractivity contribution in [2.24, 2.45) is 5.92 Å². The summed E-state index contributed by atoms with van der Waals surface area (Å²) in [7, 11) is 0. The molecule has 1 N–H and O–H groups in total. The van der Waals surface area contributed by atoms with Gasteiger partial charge in [-0.1, -0.05) is 43.6 Å². The summed E-state index contributed by atoms with van der Waals surface area (Å²) >= 11 is 3.58. The van der Waals surface area contributed by atoms with Crippen LogP contribution in [0, 0.1) is 5.92 Å². The maximum absolute atomic E-state index is 6.01. The second kappa shape index (κ2) is 6.10. The van der Waals surface area contributed by atoms with Gasteiger partial charge in [-0.05, 0) is 42.1 Å². The first-order valence-electron chi connectivity index (χ1n) is 6.90. The summed E-state index contributed by atoms with van der Waals surface area (Å²) in [6.45, 7) is 10.6. The van der Waals surface area contributed by atoms with E-state index in [9.17, 15) is 0 Å². The Balaban J connectivity index is 2.26. The van der Waals surface area contributed by atoms with Gasteiger partial charge in [-0.2, -0.15) is 0 Å². The Morgan fingerprint density at radius 1 is 1.16 bits per heavy atom. The van der Waals surface area contributed by atoms with Crippen LogP contribution in [0.2, 0.25) is 0 Å². The van der Waals surface area contributed by atoms with E-state index in [2.05, 4.69) is 67.1 Å². The van der Waals surface area contributed by atoms with Gasteiger partial charge < -0.3 is 9.73 Å². The Morgan fingerprint density at radius 2 is 1.89 bits per heavy atom. The molecule has 0 fully saturated rings. The third-order valence-corrected chi connectivity index (χ3v) is 3.59. The second-order valence-electron chi connectivity index (χ2n) is 5.81. The number of hydrogen-bond acceptors (Lipinski definition) is 2. The Hall–Kier alpha value is -0.800. The Kier molecular flexibility index (Phi) is 4.69. The van der Waals surface area contributed by atoms with E-state index < -0.39 is 0 Å². The average molecular weight is 324 g/mol. The van der Waals surface area contributed by atoms with Crippen molar-refractivity contribution in [2.45, 2.75) is 40.2 Å². The van der Waals surface area contributed by atoms with Gasteiger partial charge in [0, 0.05) is 9.86 Å². The monoisotopic (exact) mass is 323 g/mol. The van der Waals surface area contributed by atoms with E-state index in [1.165, 1.54) is 10.9 Å². The molecule has 1 aromatic heterocycles. The van der Waals surface area contributed by atoms with E-state index >= 15 is 0 Å². The van der Waals surface area contributed by atoms with E-state index in [1.54, 1.807) is 0 Å². The topological polar surface area (TPSA) is 25.2 Å². The van der Waals surface area contributed by atoms with Crippen LogP contribution in [-0.4, -0.2) is 6.54 Å². The fraction of sp³-hybridized carbons (Fsp3) is 0.500. The molecule has 0 saturated carbocycles. The van der Waals surface area contributed by atoms with Crippen LogP contribution in [0.4, 0.5) is 0 Å². The molecular weight excluding hydrogens is 302 g/mol. The SMILES string of the molecule is CC(C)CNCc1cc2cc(Br)cc(C(C)C)c2o1. The number of halogens is 1. The van der Waals surface area contributed by atoms with Crippen LogP contribution in [-0.2, 0) is 6.54 Å². The van der Waals surface area contributed by atoms with E-state index in [0.29, 0.717) is 11.8 Å². The molecule has 2 aromatic rings. The fourth-order valence-electron chi connectivity index (χ4n) is 2.20. The molecule has 1 heterocycles. The zero-order valence-corrected chi connectivity index (χ0v) is 13.7. The third-order valence-electron chi connectivity index (χ3n) is 3.13. The third kappa shape index (κ3) is 3.61. The highest BCUT2D eigenvalue weighted by Crippen LogP contribution is 2.31. The lowest BCUT2D eigenvalue weighted by molar-refractivity contribution is 0.483. The van der Waals surface area contributed by atoms with Gasteiger partial charge in [0.1, 0.15) is 11.3 Å². The Labute approximate surface area is 123 Å². The molecule has 0 spiro atoms. The first-order chi connectivity index (χ1) is 8.97. The molecule has 0 aliphatic carbocycles. The predicted octanol–water partition coefficient (Wildman–Crippen LogP) is 5.06. The number of rotatable bonds is 5. The van der Waals surface area contributed by atoms with Gasteiger partial charge in [0.2, 0.25) is 0 Å². The molecule has 2 nitrogen and oxygen atoms in total. The van der Waals surface area contributed by atoms with Gasteiger partial charge >= 0.3 is 0 Å². The minimum Gasteiger partial charge on any atom is -0.459 e. The first-order valence-corrected chi connectivity index (χ1v) is 7.69. The molecule has 19 heavy (non-hydrogen) atoms. The largest absolute Gasteiger partial charge is 0.459 e. The lowest BCUT2D eigenvalue weighted by atomic mass is 10.0. The number of fused-ring (bicyclic) bond motifs is 1. The first kappa shape index (κ1) is 14.6. The lowest BCUT2D eigenvalue weighted by Crippen LogP contribution is -2.18. The molecule has 1 aromatic carbocycles. The minimum atomic E-state index is 0.461. The number of nitrogens with one attached hydrogen (secondary N) is 1. The van der Waals surface area contributed by atoms with E-state index in [0.717, 1.165) is 28.9 Å². The minimum absolute atomic E-state index is 0.461. The second-order valence-corrected chi connectivity index (χ2v) is 6.72. The van der Waals surface area contributed by atoms with Crippen molar-refractivity contribution in [3.05, 3.63) is 34.0 Å². The summed E-state index contributed by atoms with van der Waals surface area (Å²) in [6.07, 6.45) is 0. The van der Waals surface area contributed by atoms with Gasteiger partial charge in [-0.3, -0.25) is 0 Å². The molecule has 0 saturated heterocycles. The van der Waals surface area contributed by atoms with Gasteiger partial charge in [0.15, 0.2) is 0 Å². The molecule has 0 bridgehead atoms. The molecule has 0 aliphatic rings. The van der Waals surface area contributed by atoms with Crippen LogP contribution >= 0.6 is 15.9 Å². The highest BCUT2D eigenvalue weighted by Gasteiger charge is 2.12. The highest BCUT2D eigenvalue weighted by atomic mass is 79.9. The summed E-state index contributed by atoms with van der Waals surface area (Å²) in [5.41, 5.74) is 2.29. The van der Waals surface area contributed by atoms with Crippen LogP contribution in [0.5, 0.6) is 0 Å². The fourth-order valence-corrected chi connectivity index (χ4v) is 2.69. The maximum atomic E-state index is 6.01. The molecular formula is C16H22BrNO. The smallest absolute Gasteiger partial charge is 0.137 e. The van der Waals surface area contributed by atoms with Crippen molar-refractivity contribution >= 4 is 26.9 Å². The quantitative estimate of drug-likeness (QED) is 0.831. The summed E-state index contributed by atoms with van der Waals surface area (Å²) in [4.78, 5) is 0. The number of benzene rings is 1. The lowest BCUT2D eigenvalue weighted by Gasteiger charge is -2.07. The summed E-state index contributed by atoms with van der Waals surface area (Å²) in [5, 5.41) is 4.60. The predicted molar refractivity (Wildman–Crippen MR) is 84.5 cm³/mol. The van der Waals surface area contributed by atoms with Gasteiger partial charge in [0.05, 0.1) is 6.54 Å². The zero-order chi connectivity index (χ0) is 14.0.